The summed E-state index contributed by atoms with van der Waals surface area (Å²) >= 11 is 0. The number of nitrogens with one attached hydrogen (secondary N) is 3. The third-order valence-corrected chi connectivity index (χ3v) is 5.65. The van der Waals surface area contributed by atoms with Gasteiger partial charge in [0.1, 0.15) is 17.3 Å². The van der Waals surface area contributed by atoms with Crippen LogP contribution in [-0.4, -0.2) is 41.9 Å². The van der Waals surface area contributed by atoms with Gasteiger partial charge in [-0.15, -0.1) is 0 Å². The summed E-state index contributed by atoms with van der Waals surface area (Å²) in [5.74, 6) is 0.308. The van der Waals surface area contributed by atoms with Crippen LogP contribution in [0.4, 0.5) is 21.8 Å². The van der Waals surface area contributed by atoms with Crippen LogP contribution >= 0.6 is 0 Å². The Labute approximate surface area is 172 Å². The van der Waals surface area contributed by atoms with Crippen molar-refractivity contribution in [1.82, 2.24) is 20.2 Å². The second kappa shape index (κ2) is 7.38. The molecule has 4 rings (SSSR count). The number of hydrogen-bond donors (Lipinski definition) is 3. The molecule has 30 heavy (non-hydrogen) atoms. The van der Waals surface area contributed by atoms with Gasteiger partial charge in [0.05, 0.1) is 21.4 Å². The first-order chi connectivity index (χ1) is 14.3. The van der Waals surface area contributed by atoms with Crippen molar-refractivity contribution in [3.05, 3.63) is 54.0 Å². The van der Waals surface area contributed by atoms with Gasteiger partial charge < -0.3 is 10.6 Å². The van der Waals surface area contributed by atoms with Gasteiger partial charge in [-0.05, 0) is 42.8 Å². The van der Waals surface area contributed by atoms with Crippen molar-refractivity contribution in [2.75, 3.05) is 23.9 Å². The molecule has 0 saturated heterocycles. The van der Waals surface area contributed by atoms with E-state index in [2.05, 4.69) is 30.8 Å². The van der Waals surface area contributed by atoms with Crippen molar-refractivity contribution in [2.24, 2.45) is 0 Å². The Morgan fingerprint density at radius 1 is 1.17 bits per heavy atom. The Kier molecular flexibility index (Phi) is 4.86. The zero-order valence-corrected chi connectivity index (χ0v) is 17.3. The lowest BCUT2D eigenvalue weighted by Crippen LogP contribution is -2.04. The molecule has 3 N–H and O–H groups in total. The largest absolute Gasteiger partial charge is 0.372 e. The Balaban J connectivity index is 1.74. The number of anilines is 3. The van der Waals surface area contributed by atoms with Crippen molar-refractivity contribution in [2.45, 2.75) is 11.8 Å². The lowest BCUT2D eigenvalue weighted by molar-refractivity contribution is 0.602. The molecule has 2 heterocycles. The average molecular weight is 426 g/mol. The number of aryl methyl sites for hydroxylation is 1. The molecule has 0 fully saturated rings. The highest BCUT2D eigenvalue weighted by atomic mass is 32.2. The lowest BCUT2D eigenvalue weighted by atomic mass is 10.1. The molecule has 10 heteroatoms. The summed E-state index contributed by atoms with van der Waals surface area (Å²) in [5, 5.41) is 13.4. The summed E-state index contributed by atoms with van der Waals surface area (Å²) in [5.41, 5.74) is 2.82. The smallest absolute Gasteiger partial charge is 0.229 e. The van der Waals surface area contributed by atoms with Crippen LogP contribution in [0.15, 0.2) is 47.5 Å². The number of nitrogens with zero attached hydrogens (tertiary/aromatic N) is 3. The molecule has 0 saturated carbocycles. The van der Waals surface area contributed by atoms with E-state index < -0.39 is 15.7 Å². The molecule has 0 unspecified atom stereocenters. The molecule has 0 spiro atoms. The fraction of sp³-hybridized carbons (Fsp3) is 0.150. The van der Waals surface area contributed by atoms with Gasteiger partial charge in [-0.3, -0.25) is 5.10 Å². The average Bonchev–Trinajstić information content (AvgIpc) is 3.12. The van der Waals surface area contributed by atoms with Crippen LogP contribution in [0.25, 0.3) is 22.2 Å². The van der Waals surface area contributed by atoms with Gasteiger partial charge in [0.15, 0.2) is 9.84 Å². The molecule has 0 radical (unpaired) electrons. The fourth-order valence-corrected chi connectivity index (χ4v) is 3.94. The highest BCUT2D eigenvalue weighted by molar-refractivity contribution is 7.90. The highest BCUT2D eigenvalue weighted by Crippen LogP contribution is 2.32. The van der Waals surface area contributed by atoms with Gasteiger partial charge in [0.2, 0.25) is 5.95 Å². The molecule has 0 aliphatic rings. The number of aromatic nitrogens is 4. The van der Waals surface area contributed by atoms with Crippen LogP contribution in [0.1, 0.15) is 5.56 Å². The Morgan fingerprint density at radius 3 is 2.70 bits per heavy atom. The summed E-state index contributed by atoms with van der Waals surface area (Å²) in [6.07, 6.45) is 2.69. The summed E-state index contributed by atoms with van der Waals surface area (Å²) < 4.78 is 38.1. The molecule has 0 aliphatic carbocycles. The number of benzene rings is 2. The zero-order valence-electron chi connectivity index (χ0n) is 16.5. The van der Waals surface area contributed by atoms with E-state index in [-0.39, 0.29) is 10.8 Å². The highest BCUT2D eigenvalue weighted by Gasteiger charge is 2.17. The van der Waals surface area contributed by atoms with Crippen molar-refractivity contribution in [3.8, 4) is 11.3 Å². The predicted molar refractivity (Wildman–Crippen MR) is 114 cm³/mol. The minimum absolute atomic E-state index is 0.203. The van der Waals surface area contributed by atoms with Crippen LogP contribution < -0.4 is 10.6 Å². The normalized spacial score (nSPS) is 11.6. The number of hydrogen-bond acceptors (Lipinski definition) is 7. The molecular weight excluding hydrogens is 407 g/mol. The molecular formula is C20H19FN6O2S. The van der Waals surface area contributed by atoms with Crippen molar-refractivity contribution in [3.63, 3.8) is 0 Å². The minimum Gasteiger partial charge on any atom is -0.372 e. The Morgan fingerprint density at radius 2 is 1.97 bits per heavy atom. The number of fused-ring (bicyclic) bond motifs is 1. The molecule has 8 nitrogen and oxygen atoms in total. The van der Waals surface area contributed by atoms with Crippen LogP contribution in [0.5, 0.6) is 0 Å². The van der Waals surface area contributed by atoms with E-state index in [4.69, 9.17) is 0 Å². The quantitative estimate of drug-likeness (QED) is 0.446. The van der Waals surface area contributed by atoms with Crippen LogP contribution in [0, 0.1) is 12.7 Å². The molecule has 0 atom stereocenters. The van der Waals surface area contributed by atoms with Gasteiger partial charge in [0.25, 0.3) is 0 Å². The first-order valence-electron chi connectivity index (χ1n) is 9.03. The molecule has 2 aromatic heterocycles. The molecule has 0 bridgehead atoms. The van der Waals surface area contributed by atoms with Gasteiger partial charge in [-0.1, -0.05) is 6.07 Å². The van der Waals surface area contributed by atoms with E-state index in [1.165, 1.54) is 18.3 Å². The van der Waals surface area contributed by atoms with Gasteiger partial charge in [-0.2, -0.15) is 10.1 Å². The van der Waals surface area contributed by atoms with Gasteiger partial charge in [-0.25, -0.2) is 17.8 Å². The second-order valence-corrected chi connectivity index (χ2v) is 8.89. The van der Waals surface area contributed by atoms with E-state index in [9.17, 15) is 12.8 Å². The summed E-state index contributed by atoms with van der Waals surface area (Å²) in [4.78, 5) is 8.95. The summed E-state index contributed by atoms with van der Waals surface area (Å²) in [7, 11) is -1.66. The monoisotopic (exact) mass is 426 g/mol. The number of sulfone groups is 1. The molecule has 154 valence electrons. The Hall–Kier alpha value is -3.53. The summed E-state index contributed by atoms with van der Waals surface area (Å²) in [6, 6.07) is 9.63. The van der Waals surface area contributed by atoms with E-state index in [1.54, 1.807) is 38.2 Å². The first kappa shape index (κ1) is 19.8. The number of H-pyrrole nitrogens is 1. The lowest BCUT2D eigenvalue weighted by Gasteiger charge is -2.11. The van der Waals surface area contributed by atoms with E-state index in [1.807, 2.05) is 0 Å². The van der Waals surface area contributed by atoms with Crippen molar-refractivity contribution in [1.29, 1.82) is 0 Å². The van der Waals surface area contributed by atoms with E-state index in [0.717, 1.165) is 11.8 Å². The predicted octanol–water partition coefficient (Wildman–Crippen LogP) is 3.66. The number of aromatic amines is 1. The SMILES string of the molecule is CNc1nc(Nc2cc(C)cc(S(C)(=O)=O)c2)ncc1-c1n[nH]c2cccc(F)c12. The molecule has 4 aromatic rings. The fourth-order valence-electron chi connectivity index (χ4n) is 3.19. The van der Waals surface area contributed by atoms with Gasteiger partial charge in [0, 0.05) is 25.2 Å². The second-order valence-electron chi connectivity index (χ2n) is 6.87. The van der Waals surface area contributed by atoms with Crippen LogP contribution in [-0.2, 0) is 9.84 Å². The van der Waals surface area contributed by atoms with Crippen molar-refractivity contribution < 1.29 is 12.8 Å². The topological polar surface area (TPSA) is 113 Å². The third kappa shape index (κ3) is 3.69. The van der Waals surface area contributed by atoms with Crippen LogP contribution in [0.3, 0.4) is 0 Å². The van der Waals surface area contributed by atoms with Crippen LogP contribution in [0.2, 0.25) is 0 Å². The van der Waals surface area contributed by atoms with Crippen molar-refractivity contribution >= 4 is 38.2 Å². The minimum atomic E-state index is -3.35. The third-order valence-electron chi connectivity index (χ3n) is 4.55. The Bertz CT molecular complexity index is 1370. The molecule has 0 aliphatic heterocycles. The summed E-state index contributed by atoms with van der Waals surface area (Å²) in [6.45, 7) is 1.81. The first-order valence-corrected chi connectivity index (χ1v) is 10.9. The zero-order chi connectivity index (χ0) is 21.5. The molecule has 0 amide bonds. The maximum Gasteiger partial charge on any atom is 0.229 e. The maximum absolute atomic E-state index is 14.4. The number of halogens is 1. The van der Waals surface area contributed by atoms with E-state index >= 15 is 0 Å². The van der Waals surface area contributed by atoms with E-state index in [0.29, 0.717) is 33.7 Å². The standard InChI is InChI=1S/C20H19FN6O2S/c1-11-7-12(9-13(8-11)30(3,28)29)24-20-23-10-14(19(22-2)25-20)18-17-15(21)5-4-6-16(17)26-27-18/h4-10H,1-3H3,(H,26,27)(H2,22,23,24,25). The number of rotatable bonds is 5. The maximum atomic E-state index is 14.4. The van der Waals surface area contributed by atoms with Gasteiger partial charge >= 0.3 is 0 Å². The molecule has 2 aromatic carbocycles.